The number of aromatic nitrogens is 5. The number of nitrogens with zero attached hydrogens (tertiary/aromatic N) is 5. The van der Waals surface area contributed by atoms with Gasteiger partial charge >= 0.3 is 5.97 Å². The summed E-state index contributed by atoms with van der Waals surface area (Å²) in [6.07, 6.45) is 3.06. The van der Waals surface area contributed by atoms with Crippen LogP contribution in [0, 0.1) is 20.8 Å². The molecule has 1 aromatic carbocycles. The molecule has 1 N–H and O–H groups in total. The second-order valence-corrected chi connectivity index (χ2v) is 9.59. The number of benzene rings is 1. The summed E-state index contributed by atoms with van der Waals surface area (Å²) < 4.78 is 12.7. The number of hydrogen-bond donors (Lipinski definition) is 1. The number of fused-ring (bicyclic) bond motifs is 3. The third-order valence-electron chi connectivity index (χ3n) is 5.58. The van der Waals surface area contributed by atoms with Crippen LogP contribution in [0.2, 0.25) is 0 Å². The summed E-state index contributed by atoms with van der Waals surface area (Å²) in [5.74, 6) is 2.13. The van der Waals surface area contributed by atoms with Gasteiger partial charge in [0.1, 0.15) is 17.2 Å². The standard InChI is InChI=1S/C25H32N6O3/c1-15-22(16(2)34-30-15)18-11-12-19-20(14-18)31-17(3)28-29-24(31)23(27-19)26-13-9-7-8-10-21(32)33-25(4,5)6/h11-12,14H,7-10,13H2,1-6H3,(H,26,27). The molecule has 3 aromatic heterocycles. The summed E-state index contributed by atoms with van der Waals surface area (Å²) in [7, 11) is 0. The van der Waals surface area contributed by atoms with E-state index < -0.39 is 5.60 Å². The predicted molar refractivity (Wildman–Crippen MR) is 131 cm³/mol. The molecule has 0 radical (unpaired) electrons. The van der Waals surface area contributed by atoms with E-state index >= 15 is 0 Å². The van der Waals surface area contributed by atoms with Gasteiger partial charge in [-0.05, 0) is 72.1 Å². The van der Waals surface area contributed by atoms with Gasteiger partial charge in [0.2, 0.25) is 5.65 Å². The van der Waals surface area contributed by atoms with Crippen LogP contribution in [0.15, 0.2) is 22.7 Å². The van der Waals surface area contributed by atoms with Gasteiger partial charge in [-0.2, -0.15) is 0 Å². The average Bonchev–Trinajstić information content (AvgIpc) is 3.31. The highest BCUT2D eigenvalue weighted by atomic mass is 16.6. The van der Waals surface area contributed by atoms with Gasteiger partial charge < -0.3 is 14.6 Å². The van der Waals surface area contributed by atoms with Gasteiger partial charge in [0.05, 0.1) is 16.7 Å². The van der Waals surface area contributed by atoms with E-state index in [-0.39, 0.29) is 5.97 Å². The smallest absolute Gasteiger partial charge is 0.306 e. The Kier molecular flexibility index (Phi) is 6.54. The molecule has 0 spiro atoms. The minimum absolute atomic E-state index is 0.145. The zero-order chi connectivity index (χ0) is 24.5. The number of rotatable bonds is 8. The van der Waals surface area contributed by atoms with Crippen molar-refractivity contribution in [2.24, 2.45) is 0 Å². The molecule has 34 heavy (non-hydrogen) atoms. The molecule has 0 bridgehead atoms. The fraction of sp³-hybridized carbons (Fsp3) is 0.480. The largest absolute Gasteiger partial charge is 0.460 e. The van der Waals surface area contributed by atoms with Crippen molar-refractivity contribution < 1.29 is 14.1 Å². The molecule has 0 aliphatic carbocycles. The molecule has 0 atom stereocenters. The van der Waals surface area contributed by atoms with Crippen molar-refractivity contribution in [3.8, 4) is 11.1 Å². The fourth-order valence-electron chi connectivity index (χ4n) is 4.11. The molecule has 0 saturated carbocycles. The Morgan fingerprint density at radius 2 is 1.91 bits per heavy atom. The van der Waals surface area contributed by atoms with Crippen molar-refractivity contribution in [1.29, 1.82) is 0 Å². The van der Waals surface area contributed by atoms with Crippen LogP contribution < -0.4 is 5.32 Å². The van der Waals surface area contributed by atoms with E-state index in [1.165, 1.54) is 0 Å². The zero-order valence-corrected chi connectivity index (χ0v) is 20.7. The SMILES string of the molecule is Cc1noc(C)c1-c1ccc2nc(NCCCCCC(=O)OC(C)(C)C)c3nnc(C)n3c2c1. The average molecular weight is 465 g/mol. The number of carbonyl (C=O) groups excluding carboxylic acids is 1. The van der Waals surface area contributed by atoms with Crippen molar-refractivity contribution in [1.82, 2.24) is 24.7 Å². The Morgan fingerprint density at radius 1 is 1.12 bits per heavy atom. The predicted octanol–water partition coefficient (Wildman–Crippen LogP) is 5.17. The van der Waals surface area contributed by atoms with Crippen LogP contribution in [-0.2, 0) is 9.53 Å². The molecular formula is C25H32N6O3. The molecule has 0 aliphatic rings. The summed E-state index contributed by atoms with van der Waals surface area (Å²) in [5.41, 5.74) is 4.90. The van der Waals surface area contributed by atoms with Crippen molar-refractivity contribution in [3.05, 3.63) is 35.5 Å². The molecular weight excluding hydrogens is 432 g/mol. The molecule has 4 aromatic rings. The third kappa shape index (κ3) is 5.03. The number of hydrogen-bond acceptors (Lipinski definition) is 8. The normalized spacial score (nSPS) is 11.9. The summed E-state index contributed by atoms with van der Waals surface area (Å²) in [6.45, 7) is 12.2. The van der Waals surface area contributed by atoms with E-state index in [2.05, 4.69) is 26.7 Å². The van der Waals surface area contributed by atoms with Gasteiger partial charge in [0.25, 0.3) is 0 Å². The van der Waals surface area contributed by atoms with Gasteiger partial charge in [-0.3, -0.25) is 9.20 Å². The lowest BCUT2D eigenvalue weighted by molar-refractivity contribution is -0.154. The summed E-state index contributed by atoms with van der Waals surface area (Å²) in [5, 5.41) is 16.1. The van der Waals surface area contributed by atoms with Crippen LogP contribution >= 0.6 is 0 Å². The molecule has 0 amide bonds. The molecule has 0 unspecified atom stereocenters. The van der Waals surface area contributed by atoms with Crippen LogP contribution in [0.25, 0.3) is 27.8 Å². The van der Waals surface area contributed by atoms with E-state index in [0.29, 0.717) is 17.9 Å². The molecule has 9 heteroatoms. The topological polar surface area (TPSA) is 107 Å². The van der Waals surface area contributed by atoms with E-state index in [9.17, 15) is 4.79 Å². The van der Waals surface area contributed by atoms with Crippen molar-refractivity contribution in [2.75, 3.05) is 11.9 Å². The highest BCUT2D eigenvalue weighted by molar-refractivity contribution is 5.87. The first kappa shape index (κ1) is 23.7. The zero-order valence-electron chi connectivity index (χ0n) is 20.7. The van der Waals surface area contributed by atoms with Gasteiger partial charge in [0.15, 0.2) is 5.82 Å². The quantitative estimate of drug-likeness (QED) is 0.281. The van der Waals surface area contributed by atoms with Gasteiger partial charge in [-0.15, -0.1) is 10.2 Å². The van der Waals surface area contributed by atoms with Crippen molar-refractivity contribution >= 4 is 28.5 Å². The maximum Gasteiger partial charge on any atom is 0.306 e. The number of ether oxygens (including phenoxy) is 1. The van der Waals surface area contributed by atoms with E-state index in [1.807, 2.05) is 58.1 Å². The van der Waals surface area contributed by atoms with Gasteiger partial charge in [-0.1, -0.05) is 17.6 Å². The lowest BCUT2D eigenvalue weighted by atomic mass is 10.0. The Hall–Kier alpha value is -3.49. The molecule has 3 heterocycles. The number of aryl methyl sites for hydroxylation is 3. The highest BCUT2D eigenvalue weighted by Crippen LogP contribution is 2.31. The molecule has 0 saturated heterocycles. The Morgan fingerprint density at radius 3 is 2.62 bits per heavy atom. The third-order valence-corrected chi connectivity index (χ3v) is 5.58. The van der Waals surface area contributed by atoms with Gasteiger partial charge in [-0.25, -0.2) is 4.98 Å². The van der Waals surface area contributed by atoms with Crippen LogP contribution in [0.3, 0.4) is 0 Å². The Labute approximate surface area is 198 Å². The van der Waals surface area contributed by atoms with Crippen LogP contribution in [0.5, 0.6) is 0 Å². The second kappa shape index (κ2) is 9.40. The number of nitrogens with one attached hydrogen (secondary N) is 1. The van der Waals surface area contributed by atoms with Crippen LogP contribution in [-0.4, -0.2) is 42.9 Å². The minimum atomic E-state index is -0.435. The van der Waals surface area contributed by atoms with E-state index in [0.717, 1.165) is 65.2 Å². The maximum atomic E-state index is 11.8. The monoisotopic (exact) mass is 464 g/mol. The lowest BCUT2D eigenvalue weighted by Crippen LogP contribution is -2.23. The van der Waals surface area contributed by atoms with Crippen LogP contribution in [0.1, 0.15) is 63.7 Å². The summed E-state index contributed by atoms with van der Waals surface area (Å²) in [6, 6.07) is 6.12. The summed E-state index contributed by atoms with van der Waals surface area (Å²) in [4.78, 5) is 16.7. The first-order chi connectivity index (χ1) is 16.1. The van der Waals surface area contributed by atoms with Crippen LogP contribution in [0.4, 0.5) is 5.82 Å². The maximum absolute atomic E-state index is 11.8. The first-order valence-electron chi connectivity index (χ1n) is 11.7. The molecule has 180 valence electrons. The molecule has 4 rings (SSSR count). The number of carbonyl (C=O) groups is 1. The number of esters is 1. The highest BCUT2D eigenvalue weighted by Gasteiger charge is 2.17. The van der Waals surface area contributed by atoms with Gasteiger partial charge in [0, 0.05) is 18.5 Å². The second-order valence-electron chi connectivity index (χ2n) is 9.59. The number of anilines is 1. The number of unbranched alkanes of at least 4 members (excludes halogenated alkanes) is 2. The first-order valence-corrected chi connectivity index (χ1v) is 11.7. The Balaban J connectivity index is 1.48. The lowest BCUT2D eigenvalue weighted by Gasteiger charge is -2.19. The van der Waals surface area contributed by atoms with Crippen molar-refractivity contribution in [2.45, 2.75) is 72.8 Å². The molecule has 0 fully saturated rings. The molecule has 9 nitrogen and oxygen atoms in total. The van der Waals surface area contributed by atoms with Crippen molar-refractivity contribution in [3.63, 3.8) is 0 Å². The fourth-order valence-corrected chi connectivity index (χ4v) is 4.11. The summed E-state index contributed by atoms with van der Waals surface area (Å²) >= 11 is 0. The minimum Gasteiger partial charge on any atom is -0.460 e. The van der Waals surface area contributed by atoms with E-state index in [4.69, 9.17) is 14.2 Å². The molecule has 0 aliphatic heterocycles. The Bertz CT molecular complexity index is 1310. The van der Waals surface area contributed by atoms with E-state index in [1.54, 1.807) is 0 Å².